The minimum atomic E-state index is 0.101. The third-order valence-electron chi connectivity index (χ3n) is 2.85. The van der Waals surface area contributed by atoms with Crippen LogP contribution in [-0.2, 0) is 18.3 Å². The molecule has 0 bridgehead atoms. The molecule has 1 heterocycles. The van der Waals surface area contributed by atoms with E-state index in [1.807, 2.05) is 24.9 Å². The van der Waals surface area contributed by atoms with Gasteiger partial charge in [0.1, 0.15) is 0 Å². The first-order chi connectivity index (χ1) is 8.20. The maximum Gasteiger partial charge on any atom is 0.219 e. The number of nitrogens with one attached hydrogen (secondary N) is 1. The van der Waals surface area contributed by atoms with E-state index in [1.165, 1.54) is 5.56 Å². The Kier molecular flexibility index (Phi) is 3.42. The molecule has 0 aliphatic heterocycles. The summed E-state index contributed by atoms with van der Waals surface area (Å²) in [6, 6.07) is 6.23. The quantitative estimate of drug-likeness (QED) is 0.869. The monoisotopic (exact) mass is 231 g/mol. The summed E-state index contributed by atoms with van der Waals surface area (Å²) in [5.74, 6) is 0.101. The largest absolute Gasteiger partial charge is 0.356 e. The maximum absolute atomic E-state index is 11.1. The Morgan fingerprint density at radius 3 is 3.06 bits per heavy atom. The van der Waals surface area contributed by atoms with E-state index >= 15 is 0 Å². The number of hydrogen-bond acceptors (Lipinski definition) is 2. The number of fused-ring (bicyclic) bond motifs is 1. The van der Waals surface area contributed by atoms with Crippen LogP contribution in [0.3, 0.4) is 0 Å². The second-order valence-electron chi connectivity index (χ2n) is 4.13. The lowest BCUT2D eigenvalue weighted by molar-refractivity contribution is -0.120. The zero-order chi connectivity index (χ0) is 12.3. The van der Waals surface area contributed by atoms with Crippen molar-refractivity contribution in [1.29, 1.82) is 0 Å². The van der Waals surface area contributed by atoms with Crippen LogP contribution >= 0.6 is 0 Å². The molecule has 1 aromatic carbocycles. The van der Waals surface area contributed by atoms with Gasteiger partial charge in [0.15, 0.2) is 0 Å². The fraction of sp³-hybridized carbons (Fsp3) is 0.385. The van der Waals surface area contributed by atoms with E-state index in [4.69, 9.17) is 0 Å². The van der Waals surface area contributed by atoms with Gasteiger partial charge in [-0.15, -0.1) is 0 Å². The van der Waals surface area contributed by atoms with E-state index in [2.05, 4.69) is 28.5 Å². The van der Waals surface area contributed by atoms with E-state index in [0.717, 1.165) is 17.5 Å². The highest BCUT2D eigenvalue weighted by Gasteiger charge is 2.01. The SMILES string of the molecule is CCC(=O)NCCc1ccc2c(c1)ncn2C. The van der Waals surface area contributed by atoms with Crippen molar-refractivity contribution in [3.05, 3.63) is 30.1 Å². The van der Waals surface area contributed by atoms with Crippen LogP contribution in [0.4, 0.5) is 0 Å². The molecule has 4 heteroatoms. The van der Waals surface area contributed by atoms with Gasteiger partial charge in [-0.1, -0.05) is 13.0 Å². The molecule has 0 radical (unpaired) electrons. The van der Waals surface area contributed by atoms with Gasteiger partial charge < -0.3 is 9.88 Å². The molecule has 2 rings (SSSR count). The molecule has 2 aromatic rings. The van der Waals surface area contributed by atoms with Crippen LogP contribution in [0, 0.1) is 0 Å². The number of rotatable bonds is 4. The van der Waals surface area contributed by atoms with Gasteiger partial charge in [-0.2, -0.15) is 0 Å². The molecule has 0 spiro atoms. The number of hydrogen-bond donors (Lipinski definition) is 1. The molecular formula is C13H17N3O. The molecule has 0 unspecified atom stereocenters. The van der Waals surface area contributed by atoms with E-state index in [-0.39, 0.29) is 5.91 Å². The first kappa shape index (κ1) is 11.6. The number of nitrogens with zero attached hydrogens (tertiary/aromatic N) is 2. The van der Waals surface area contributed by atoms with Gasteiger partial charge >= 0.3 is 0 Å². The van der Waals surface area contributed by atoms with Crippen molar-refractivity contribution in [2.24, 2.45) is 7.05 Å². The van der Waals surface area contributed by atoms with E-state index in [9.17, 15) is 4.79 Å². The Morgan fingerprint density at radius 1 is 1.47 bits per heavy atom. The highest BCUT2D eigenvalue weighted by Crippen LogP contribution is 2.13. The lowest BCUT2D eigenvalue weighted by Crippen LogP contribution is -2.24. The Morgan fingerprint density at radius 2 is 2.29 bits per heavy atom. The van der Waals surface area contributed by atoms with Crippen molar-refractivity contribution in [1.82, 2.24) is 14.9 Å². The summed E-state index contributed by atoms with van der Waals surface area (Å²) in [5, 5.41) is 2.87. The predicted molar refractivity (Wildman–Crippen MR) is 67.7 cm³/mol. The third kappa shape index (κ3) is 2.64. The number of carbonyl (C=O) groups is 1. The molecule has 0 fully saturated rings. The Labute approximate surface area is 101 Å². The zero-order valence-electron chi connectivity index (χ0n) is 10.2. The van der Waals surface area contributed by atoms with Gasteiger partial charge in [-0.3, -0.25) is 4.79 Å². The summed E-state index contributed by atoms with van der Waals surface area (Å²) in [4.78, 5) is 15.4. The Balaban J connectivity index is 2.02. The summed E-state index contributed by atoms with van der Waals surface area (Å²) in [7, 11) is 1.98. The molecule has 1 N–H and O–H groups in total. The van der Waals surface area contributed by atoms with Crippen LogP contribution < -0.4 is 5.32 Å². The number of aromatic nitrogens is 2. The molecule has 1 aromatic heterocycles. The highest BCUT2D eigenvalue weighted by molar-refractivity contribution is 5.76. The summed E-state index contributed by atoms with van der Waals surface area (Å²) in [5.41, 5.74) is 3.34. The Bertz CT molecular complexity index is 530. The molecule has 0 atom stereocenters. The smallest absolute Gasteiger partial charge is 0.219 e. The number of benzene rings is 1. The van der Waals surface area contributed by atoms with Crippen LogP contribution in [-0.4, -0.2) is 22.0 Å². The van der Waals surface area contributed by atoms with Gasteiger partial charge in [0, 0.05) is 20.0 Å². The topological polar surface area (TPSA) is 46.9 Å². The second-order valence-corrected chi connectivity index (χ2v) is 4.13. The lowest BCUT2D eigenvalue weighted by atomic mass is 10.1. The van der Waals surface area contributed by atoms with Crippen molar-refractivity contribution in [2.75, 3.05) is 6.54 Å². The van der Waals surface area contributed by atoms with E-state index in [1.54, 1.807) is 0 Å². The molecule has 0 saturated heterocycles. The minimum Gasteiger partial charge on any atom is -0.356 e. The standard InChI is InChI=1S/C13H17N3O/c1-3-13(17)14-7-6-10-4-5-12-11(8-10)15-9-16(12)2/h4-5,8-9H,3,6-7H2,1-2H3,(H,14,17). The second kappa shape index (κ2) is 4.99. The molecule has 1 amide bonds. The van der Waals surface area contributed by atoms with Gasteiger partial charge in [-0.05, 0) is 24.1 Å². The fourth-order valence-corrected chi connectivity index (χ4v) is 1.81. The molecule has 4 nitrogen and oxygen atoms in total. The third-order valence-corrected chi connectivity index (χ3v) is 2.85. The molecular weight excluding hydrogens is 214 g/mol. The van der Waals surface area contributed by atoms with Crippen LogP contribution in [0.1, 0.15) is 18.9 Å². The van der Waals surface area contributed by atoms with Crippen molar-refractivity contribution in [3.8, 4) is 0 Å². The van der Waals surface area contributed by atoms with Crippen LogP contribution in [0.15, 0.2) is 24.5 Å². The molecule has 0 aliphatic carbocycles. The summed E-state index contributed by atoms with van der Waals surface area (Å²) >= 11 is 0. The van der Waals surface area contributed by atoms with Crippen LogP contribution in [0.25, 0.3) is 11.0 Å². The van der Waals surface area contributed by atoms with Gasteiger partial charge in [0.2, 0.25) is 5.91 Å². The van der Waals surface area contributed by atoms with E-state index < -0.39 is 0 Å². The number of carbonyl (C=O) groups excluding carboxylic acids is 1. The van der Waals surface area contributed by atoms with Gasteiger partial charge in [0.25, 0.3) is 0 Å². The maximum atomic E-state index is 11.1. The first-order valence-electron chi connectivity index (χ1n) is 5.87. The average molecular weight is 231 g/mol. The minimum absolute atomic E-state index is 0.101. The number of aryl methyl sites for hydroxylation is 1. The van der Waals surface area contributed by atoms with Crippen molar-refractivity contribution in [3.63, 3.8) is 0 Å². The lowest BCUT2D eigenvalue weighted by Gasteiger charge is -2.04. The molecule has 0 saturated carbocycles. The average Bonchev–Trinajstić information content (AvgIpc) is 2.70. The zero-order valence-corrected chi connectivity index (χ0v) is 10.2. The van der Waals surface area contributed by atoms with Crippen molar-refractivity contribution < 1.29 is 4.79 Å². The molecule has 17 heavy (non-hydrogen) atoms. The normalized spacial score (nSPS) is 10.7. The van der Waals surface area contributed by atoms with Crippen LogP contribution in [0.2, 0.25) is 0 Å². The predicted octanol–water partition coefficient (Wildman–Crippen LogP) is 1.64. The summed E-state index contributed by atoms with van der Waals surface area (Å²) in [6.45, 7) is 2.54. The summed E-state index contributed by atoms with van der Waals surface area (Å²) in [6.07, 6.45) is 3.20. The van der Waals surface area contributed by atoms with Crippen molar-refractivity contribution in [2.45, 2.75) is 19.8 Å². The van der Waals surface area contributed by atoms with Gasteiger partial charge in [0.05, 0.1) is 17.4 Å². The van der Waals surface area contributed by atoms with Crippen molar-refractivity contribution >= 4 is 16.9 Å². The van der Waals surface area contributed by atoms with Gasteiger partial charge in [-0.25, -0.2) is 4.98 Å². The van der Waals surface area contributed by atoms with E-state index in [0.29, 0.717) is 13.0 Å². The number of amides is 1. The first-order valence-corrected chi connectivity index (χ1v) is 5.87. The number of imidazole rings is 1. The summed E-state index contributed by atoms with van der Waals surface area (Å²) < 4.78 is 2.00. The molecule has 90 valence electrons. The van der Waals surface area contributed by atoms with Crippen LogP contribution in [0.5, 0.6) is 0 Å². The Hall–Kier alpha value is -1.84. The highest BCUT2D eigenvalue weighted by atomic mass is 16.1. The molecule has 0 aliphatic rings. The fourth-order valence-electron chi connectivity index (χ4n) is 1.81.